The highest BCUT2D eigenvalue weighted by Crippen LogP contribution is 2.34. The van der Waals surface area contributed by atoms with Crippen LogP contribution in [-0.4, -0.2) is 67.9 Å². The molecule has 2 aliphatic rings. The Morgan fingerprint density at radius 3 is 2.59 bits per heavy atom. The van der Waals surface area contributed by atoms with E-state index in [1.807, 2.05) is 6.92 Å². The molecule has 4 aromatic rings. The smallest absolute Gasteiger partial charge is 0.324 e. The van der Waals surface area contributed by atoms with Gasteiger partial charge in [-0.3, -0.25) is 14.6 Å². The SMILES string of the molecule is Cc1ccc(NC(=O)c2ccc(CN3CCC(N4CCCC4)C3)c(C(F)(F)F)c2)cc1Nc1nccc(-c2cncnc2)n1. The van der Waals surface area contributed by atoms with Gasteiger partial charge in [-0.25, -0.2) is 19.9 Å². The molecule has 2 aliphatic heterocycles. The molecule has 0 spiro atoms. The molecule has 9 nitrogen and oxygen atoms in total. The van der Waals surface area contributed by atoms with Crippen molar-refractivity contribution in [3.05, 3.63) is 89.6 Å². The molecule has 2 aromatic heterocycles. The number of anilines is 3. The highest BCUT2D eigenvalue weighted by atomic mass is 19.4. The quantitative estimate of drug-likeness (QED) is 0.256. The largest absolute Gasteiger partial charge is 0.416 e. The Morgan fingerprint density at radius 1 is 1.02 bits per heavy atom. The summed E-state index contributed by atoms with van der Waals surface area (Å²) in [5.41, 5.74) is 2.61. The van der Waals surface area contributed by atoms with Gasteiger partial charge in [0, 0.05) is 66.8 Å². The molecule has 0 aliphatic carbocycles. The zero-order chi connectivity index (χ0) is 30.7. The Kier molecular flexibility index (Phi) is 8.53. The predicted octanol–water partition coefficient (Wildman–Crippen LogP) is 5.93. The van der Waals surface area contributed by atoms with Crippen molar-refractivity contribution in [2.24, 2.45) is 0 Å². The standard InChI is InChI=1S/C32H33F3N8O/c1-21-4-7-25(15-29(21)41-31-38-10-8-28(40-31)24-16-36-20-37-17-24)39-30(44)22-5-6-23(27(14-22)32(33,34)35)18-42-13-9-26(19-42)43-11-2-3-12-43/h4-8,10,14-17,20,26H,2-3,9,11-13,18-19H2,1H3,(H,39,44)(H,38,40,41). The lowest BCUT2D eigenvalue weighted by atomic mass is 10.0. The summed E-state index contributed by atoms with van der Waals surface area (Å²) < 4.78 is 42.5. The predicted molar refractivity (Wildman–Crippen MR) is 161 cm³/mol. The van der Waals surface area contributed by atoms with Crippen molar-refractivity contribution in [3.63, 3.8) is 0 Å². The highest BCUT2D eigenvalue weighted by Gasteiger charge is 2.36. The maximum absolute atomic E-state index is 14.2. The summed E-state index contributed by atoms with van der Waals surface area (Å²) in [6.07, 6.45) is 5.09. The van der Waals surface area contributed by atoms with E-state index in [0.29, 0.717) is 29.1 Å². The van der Waals surface area contributed by atoms with Crippen LogP contribution in [0.3, 0.4) is 0 Å². The maximum Gasteiger partial charge on any atom is 0.416 e. The van der Waals surface area contributed by atoms with Crippen molar-refractivity contribution >= 4 is 23.2 Å². The lowest BCUT2D eigenvalue weighted by Gasteiger charge is -2.24. The number of aryl methyl sites for hydroxylation is 1. The minimum Gasteiger partial charge on any atom is -0.324 e. The van der Waals surface area contributed by atoms with E-state index in [0.717, 1.165) is 49.8 Å². The molecular formula is C32H33F3N8O. The molecule has 0 radical (unpaired) electrons. The Hall–Kier alpha value is -4.42. The van der Waals surface area contributed by atoms with E-state index in [2.05, 4.69) is 40.4 Å². The molecule has 0 saturated carbocycles. The van der Waals surface area contributed by atoms with Gasteiger partial charge in [0.1, 0.15) is 6.33 Å². The summed E-state index contributed by atoms with van der Waals surface area (Å²) in [5.74, 6) is -0.303. The third kappa shape index (κ3) is 6.87. The summed E-state index contributed by atoms with van der Waals surface area (Å²) in [7, 11) is 0. The summed E-state index contributed by atoms with van der Waals surface area (Å²) in [5, 5.41) is 5.89. The van der Waals surface area contributed by atoms with Crippen LogP contribution in [0.15, 0.2) is 67.4 Å². The second kappa shape index (κ2) is 12.7. The third-order valence-electron chi connectivity index (χ3n) is 8.23. The number of carbonyl (C=O) groups excluding carboxylic acids is 1. The molecular weight excluding hydrogens is 569 g/mol. The van der Waals surface area contributed by atoms with Gasteiger partial charge in [-0.15, -0.1) is 0 Å². The maximum atomic E-state index is 14.2. The zero-order valence-corrected chi connectivity index (χ0v) is 24.3. The molecule has 0 bridgehead atoms. The minimum absolute atomic E-state index is 0.0614. The van der Waals surface area contributed by atoms with Gasteiger partial charge in [-0.2, -0.15) is 13.2 Å². The van der Waals surface area contributed by atoms with Gasteiger partial charge < -0.3 is 10.6 Å². The topological polar surface area (TPSA) is 99.2 Å². The molecule has 2 N–H and O–H groups in total. The number of benzene rings is 2. The molecule has 2 saturated heterocycles. The fourth-order valence-corrected chi connectivity index (χ4v) is 5.89. The van der Waals surface area contributed by atoms with E-state index >= 15 is 0 Å². The number of amides is 1. The van der Waals surface area contributed by atoms with E-state index < -0.39 is 17.6 Å². The first-order valence-corrected chi connectivity index (χ1v) is 14.7. The van der Waals surface area contributed by atoms with E-state index in [4.69, 9.17) is 0 Å². The Morgan fingerprint density at radius 2 is 1.82 bits per heavy atom. The first-order chi connectivity index (χ1) is 21.2. The van der Waals surface area contributed by atoms with Crippen LogP contribution in [0.2, 0.25) is 0 Å². The minimum atomic E-state index is -4.58. The van der Waals surface area contributed by atoms with Gasteiger partial charge in [-0.05, 0) is 80.7 Å². The van der Waals surface area contributed by atoms with Crippen LogP contribution in [0.25, 0.3) is 11.3 Å². The van der Waals surface area contributed by atoms with Gasteiger partial charge in [-0.1, -0.05) is 12.1 Å². The van der Waals surface area contributed by atoms with Crippen molar-refractivity contribution < 1.29 is 18.0 Å². The molecule has 1 atom stereocenters. The highest BCUT2D eigenvalue weighted by molar-refractivity contribution is 6.04. The van der Waals surface area contributed by atoms with Gasteiger partial charge in [0.25, 0.3) is 5.91 Å². The van der Waals surface area contributed by atoms with Gasteiger partial charge >= 0.3 is 6.18 Å². The molecule has 2 fully saturated rings. The normalized spacial score (nSPS) is 17.6. The first-order valence-electron chi connectivity index (χ1n) is 14.7. The van der Waals surface area contributed by atoms with Crippen molar-refractivity contribution in [1.29, 1.82) is 0 Å². The molecule has 44 heavy (non-hydrogen) atoms. The Bertz CT molecular complexity index is 1630. The second-order valence-corrected chi connectivity index (χ2v) is 11.3. The fraction of sp³-hybridized carbons (Fsp3) is 0.344. The van der Waals surface area contributed by atoms with E-state index in [1.54, 1.807) is 42.9 Å². The monoisotopic (exact) mass is 602 g/mol. The third-order valence-corrected chi connectivity index (χ3v) is 8.23. The zero-order valence-electron chi connectivity index (χ0n) is 24.3. The number of nitrogens with zero attached hydrogens (tertiary/aromatic N) is 6. The summed E-state index contributed by atoms with van der Waals surface area (Å²) in [6, 6.07) is 11.2. The average Bonchev–Trinajstić information content (AvgIpc) is 3.72. The van der Waals surface area contributed by atoms with Crippen LogP contribution in [0.1, 0.15) is 46.3 Å². The van der Waals surface area contributed by atoms with Gasteiger partial charge in [0.2, 0.25) is 5.95 Å². The summed E-state index contributed by atoms with van der Waals surface area (Å²) >= 11 is 0. The summed E-state index contributed by atoms with van der Waals surface area (Å²) in [6.45, 7) is 5.75. The number of hydrogen-bond donors (Lipinski definition) is 2. The van der Waals surface area contributed by atoms with Crippen LogP contribution in [-0.2, 0) is 12.7 Å². The molecule has 4 heterocycles. The molecule has 1 unspecified atom stereocenters. The van der Waals surface area contributed by atoms with Crippen molar-refractivity contribution in [2.75, 3.05) is 36.8 Å². The number of likely N-dealkylation sites (tertiary alicyclic amines) is 2. The van der Waals surface area contributed by atoms with Crippen molar-refractivity contribution in [3.8, 4) is 11.3 Å². The summed E-state index contributed by atoms with van der Waals surface area (Å²) in [4.78, 5) is 34.5. The fourth-order valence-electron chi connectivity index (χ4n) is 5.89. The number of carbonyl (C=O) groups is 1. The Labute approximate surface area is 253 Å². The van der Waals surface area contributed by atoms with E-state index in [-0.39, 0.29) is 17.7 Å². The van der Waals surface area contributed by atoms with E-state index in [1.165, 1.54) is 31.3 Å². The number of nitrogens with one attached hydrogen (secondary N) is 2. The van der Waals surface area contributed by atoms with Crippen LogP contribution < -0.4 is 10.6 Å². The molecule has 1 amide bonds. The van der Waals surface area contributed by atoms with Crippen LogP contribution >= 0.6 is 0 Å². The van der Waals surface area contributed by atoms with Crippen molar-refractivity contribution in [2.45, 2.75) is 44.9 Å². The number of rotatable bonds is 8. The van der Waals surface area contributed by atoms with Crippen LogP contribution in [0, 0.1) is 6.92 Å². The molecule has 228 valence electrons. The second-order valence-electron chi connectivity index (χ2n) is 11.3. The number of aromatic nitrogens is 4. The number of hydrogen-bond acceptors (Lipinski definition) is 8. The average molecular weight is 603 g/mol. The molecule has 6 rings (SSSR count). The lowest BCUT2D eigenvalue weighted by molar-refractivity contribution is -0.138. The van der Waals surface area contributed by atoms with E-state index in [9.17, 15) is 18.0 Å². The van der Waals surface area contributed by atoms with Crippen molar-refractivity contribution in [1.82, 2.24) is 29.7 Å². The van der Waals surface area contributed by atoms with Crippen LogP contribution in [0.5, 0.6) is 0 Å². The molecule has 12 heteroatoms. The van der Waals surface area contributed by atoms with Crippen LogP contribution in [0.4, 0.5) is 30.5 Å². The first kappa shape index (κ1) is 29.6. The van der Waals surface area contributed by atoms with Gasteiger partial charge in [0.15, 0.2) is 0 Å². The van der Waals surface area contributed by atoms with Gasteiger partial charge in [0.05, 0.1) is 11.3 Å². The number of alkyl halides is 3. The molecule has 2 aromatic carbocycles. The Balaban J connectivity index is 1.15. The lowest BCUT2D eigenvalue weighted by Crippen LogP contribution is -2.35. The number of halogens is 3.